The average molecular weight is 1820 g/mol. The van der Waals surface area contributed by atoms with Crippen LogP contribution in [0.15, 0.2) is 301 Å². The molecule has 3 amide bonds. The third-order valence-corrected chi connectivity index (χ3v) is 25.4. The van der Waals surface area contributed by atoms with E-state index in [-0.39, 0.29) is 34.4 Å². The highest BCUT2D eigenvalue weighted by Crippen LogP contribution is 2.36. The molecule has 0 aliphatic carbocycles. The van der Waals surface area contributed by atoms with Gasteiger partial charge in [-0.25, -0.2) is 24.9 Å². The number of nitrogens with one attached hydrogen (secondary N) is 7. The Kier molecular flexibility index (Phi) is 27.1. The molecule has 4 aliphatic rings. The molecule has 17 aromatic rings. The summed E-state index contributed by atoms with van der Waals surface area (Å²) in [5.74, 6) is 1.49. The molecular weight excluding hydrogens is 1710 g/mol. The molecule has 0 bridgehead atoms. The number of phenols is 1. The summed E-state index contributed by atoms with van der Waals surface area (Å²) in [5.41, 5.74) is 22.0. The molecule has 4 saturated heterocycles. The van der Waals surface area contributed by atoms with E-state index in [4.69, 9.17) is 0 Å². The first-order valence-corrected chi connectivity index (χ1v) is 45.9. The van der Waals surface area contributed by atoms with Crippen LogP contribution >= 0.6 is 0 Å². The molecule has 31 nitrogen and oxygen atoms in total. The summed E-state index contributed by atoms with van der Waals surface area (Å²) in [6, 6.07) is 68.0. The van der Waals surface area contributed by atoms with Gasteiger partial charge in [-0.3, -0.25) is 51.3 Å². The molecule has 21 rings (SSSR count). The van der Waals surface area contributed by atoms with Gasteiger partial charge in [-0.2, -0.15) is 0 Å². The zero-order chi connectivity index (χ0) is 93.9. The molecule has 0 unspecified atom stereocenters. The third kappa shape index (κ3) is 20.5. The predicted molar refractivity (Wildman–Crippen MR) is 537 cm³/mol. The number of aromatic amines is 3. The van der Waals surface area contributed by atoms with E-state index in [1.54, 1.807) is 61.6 Å². The zero-order valence-corrected chi connectivity index (χ0v) is 76.7. The molecule has 0 spiro atoms. The Balaban J connectivity index is 0.000000121. The van der Waals surface area contributed by atoms with Crippen molar-refractivity contribution in [1.82, 2.24) is 86.9 Å². The van der Waals surface area contributed by atoms with Gasteiger partial charge in [0, 0.05) is 265 Å². The second-order valence-electron chi connectivity index (χ2n) is 34.5. The number of amides is 3. The van der Waals surface area contributed by atoms with Crippen molar-refractivity contribution in [1.29, 1.82) is 0 Å². The topological polar surface area (TPSA) is 326 Å². The summed E-state index contributed by atoms with van der Waals surface area (Å²) < 4.78 is 7.93. The smallest absolute Gasteiger partial charge is 0.253 e. The van der Waals surface area contributed by atoms with Gasteiger partial charge in [0.2, 0.25) is 16.7 Å². The number of imidazole rings is 4. The maximum Gasteiger partial charge on any atom is 0.253 e. The van der Waals surface area contributed by atoms with Crippen LogP contribution in [0.1, 0.15) is 63.0 Å². The number of piperazine rings is 4. The number of hydrogen-bond donors (Lipinski definition) is 8. The van der Waals surface area contributed by atoms with Crippen LogP contribution in [0, 0.1) is 13.8 Å². The lowest BCUT2D eigenvalue weighted by Gasteiger charge is -2.38. The number of pyridine rings is 8. The number of hydrogen-bond acceptors (Lipinski definition) is 21. The highest BCUT2D eigenvalue weighted by molar-refractivity contribution is 5.97. The fourth-order valence-corrected chi connectivity index (χ4v) is 17.8. The van der Waals surface area contributed by atoms with Crippen molar-refractivity contribution in [2.45, 2.75) is 40.7 Å². The van der Waals surface area contributed by atoms with E-state index in [9.17, 15) is 33.9 Å². The number of phenolic OH excluding ortho intramolecular Hbond substituents is 1. The van der Waals surface area contributed by atoms with Crippen LogP contribution in [0.5, 0.6) is 5.75 Å². The van der Waals surface area contributed by atoms with E-state index in [2.05, 4.69) is 154 Å². The summed E-state index contributed by atoms with van der Waals surface area (Å²) in [5, 5.41) is 23.9. The Labute approximate surface area is 785 Å². The predicted octanol–water partition coefficient (Wildman–Crippen LogP) is 15.4. The first-order valence-electron chi connectivity index (χ1n) is 45.9. The molecule has 4 fully saturated rings. The van der Waals surface area contributed by atoms with Crippen molar-refractivity contribution in [3.8, 4) is 50.8 Å². The average Bonchev–Trinajstić information content (AvgIpc) is 1.68. The van der Waals surface area contributed by atoms with Gasteiger partial charge in [0.1, 0.15) is 11.6 Å². The Hall–Kier alpha value is -16.3. The second-order valence-corrected chi connectivity index (χ2v) is 34.5. The van der Waals surface area contributed by atoms with Gasteiger partial charge in [0.25, 0.3) is 17.7 Å². The van der Waals surface area contributed by atoms with E-state index in [0.29, 0.717) is 41.6 Å². The lowest BCUT2D eigenvalue weighted by atomic mass is 10.0. The van der Waals surface area contributed by atoms with Crippen molar-refractivity contribution >= 4 is 97.3 Å². The molecule has 16 heterocycles. The van der Waals surface area contributed by atoms with Crippen LogP contribution in [0.25, 0.3) is 67.6 Å². The number of benzene rings is 5. The standard InChI is InChI=1S/C28H25N7O2.C28H33N5O.C25H26N6O2.C24H24N6O2/c36-26-19-21(10-12-30-26)24-9-8-23(27-31-13-14-35(24)27)32-22-6-4-20(5-7-22)28(37)34-17-15-33(16-18-34)25-3-1-2-11-29-25;1-19(2)31-13-15-32(16-14-31)24-7-5-23(6-8-24)30-25-9-10-26(33-12-11-29-28(25)33)22-17-20(3)27(34)21(4)18-22;1-2-29-13-15-30(16-14-29)25(33)18-3-5-20(6-4-18)28-21-7-8-22(31-12-11-27-24(21)31)19-9-10-26-23(32)17-19;1-28-12-14-29(15-13-28)24(32)17-2-4-19(5-3-17)27-20-6-7-21(30-11-10-26-23(20)30)18-8-9-25-22(31)16-18/h1-14,19,32H,15-18H2,(H,30,36);5-12,17-19,30,34H,13-16H2,1-4H3;3-12,17,28H,2,13-16H2,1H3,(H,26,32);2-11,16,27H,12-15H2,1H3,(H,25,31). The van der Waals surface area contributed by atoms with Gasteiger partial charge in [0.05, 0.1) is 45.5 Å². The molecule has 5 aromatic carbocycles. The molecule has 0 saturated carbocycles. The van der Waals surface area contributed by atoms with Crippen LogP contribution in [0.3, 0.4) is 0 Å². The number of anilines is 10. The van der Waals surface area contributed by atoms with Gasteiger partial charge in [-0.1, -0.05) is 13.0 Å². The first-order chi connectivity index (χ1) is 66.3. The molecule has 136 heavy (non-hydrogen) atoms. The van der Waals surface area contributed by atoms with Crippen molar-refractivity contribution in [2.75, 3.05) is 149 Å². The quantitative estimate of drug-likeness (QED) is 0.0373. The van der Waals surface area contributed by atoms with E-state index in [0.717, 1.165) is 228 Å². The van der Waals surface area contributed by atoms with Crippen LogP contribution < -0.4 is 47.7 Å². The number of aryl methyl sites for hydroxylation is 2. The molecule has 8 N–H and O–H groups in total. The summed E-state index contributed by atoms with van der Waals surface area (Å²) in [6.45, 7) is 25.5. The molecule has 0 radical (unpaired) electrons. The van der Waals surface area contributed by atoms with Crippen LogP contribution in [0.2, 0.25) is 0 Å². The number of aromatic nitrogens is 12. The number of aromatic hydroxyl groups is 1. The van der Waals surface area contributed by atoms with E-state index in [1.165, 1.54) is 5.69 Å². The van der Waals surface area contributed by atoms with E-state index < -0.39 is 0 Å². The van der Waals surface area contributed by atoms with Crippen molar-refractivity contribution in [2.24, 2.45) is 0 Å². The minimum Gasteiger partial charge on any atom is -0.507 e. The van der Waals surface area contributed by atoms with Crippen LogP contribution in [-0.4, -0.2) is 234 Å². The first kappa shape index (κ1) is 90.3. The highest BCUT2D eigenvalue weighted by Gasteiger charge is 2.27. The number of fused-ring (bicyclic) bond motifs is 4. The molecular formula is C105H108N24O7. The number of carbonyl (C=O) groups excluding carboxylic acids is 3. The molecule has 4 aliphatic heterocycles. The Morgan fingerprint density at radius 3 is 1.04 bits per heavy atom. The fraction of sp³-hybridized carbons (Fsp3) is 0.229. The lowest BCUT2D eigenvalue weighted by Crippen LogP contribution is -2.49. The van der Waals surface area contributed by atoms with Gasteiger partial charge in [0.15, 0.2) is 22.6 Å². The summed E-state index contributed by atoms with van der Waals surface area (Å²) in [6.07, 6.45) is 21.3. The summed E-state index contributed by atoms with van der Waals surface area (Å²) >= 11 is 0. The van der Waals surface area contributed by atoms with E-state index in [1.807, 2.05) is 230 Å². The van der Waals surface area contributed by atoms with Crippen molar-refractivity contribution in [3.63, 3.8) is 0 Å². The number of nitrogens with zero attached hydrogens (tertiary/aromatic N) is 17. The number of rotatable bonds is 19. The minimum atomic E-state index is -0.155. The Morgan fingerprint density at radius 2 is 0.706 bits per heavy atom. The minimum absolute atomic E-state index is 0.0325. The Morgan fingerprint density at radius 1 is 0.368 bits per heavy atom. The third-order valence-electron chi connectivity index (χ3n) is 25.4. The van der Waals surface area contributed by atoms with Gasteiger partial charge < -0.3 is 75.6 Å². The highest BCUT2D eigenvalue weighted by atomic mass is 16.3. The molecule has 690 valence electrons. The largest absolute Gasteiger partial charge is 0.507 e. The SMILES string of the molecule is CCN1CCN(C(=O)c2ccc(Nc3ccc(-c4cc[nH]c(=O)c4)n4ccnc34)cc2)CC1.CN1CCN(C(=O)c2ccc(Nc3ccc(-c4cc[nH]c(=O)c4)n4ccnc34)cc2)CC1.Cc1cc(-c2ccc(Nc3ccc(N4CCN(C(C)C)CC4)cc3)c3nccn23)cc(C)c1O.O=C(c1ccc(Nc2ccc(-c3cc[nH]c(=O)c3)n3ccnc23)cc1)N1CCN(c2ccccn2)CC1. The zero-order valence-electron chi connectivity index (χ0n) is 76.7. The summed E-state index contributed by atoms with van der Waals surface area (Å²) in [4.78, 5) is 122. The van der Waals surface area contributed by atoms with Gasteiger partial charge in [-0.15, -0.1) is 0 Å². The molecule has 0 atom stereocenters. The molecule has 31 heteroatoms. The number of likely N-dealkylation sites (N-methyl/N-ethyl adjacent to an activating group) is 2. The second kappa shape index (κ2) is 40.9. The number of carbonyl (C=O) groups is 3. The molecule has 12 aromatic heterocycles. The normalized spacial score (nSPS) is 14.4. The van der Waals surface area contributed by atoms with Gasteiger partial charge >= 0.3 is 0 Å². The van der Waals surface area contributed by atoms with E-state index >= 15 is 0 Å². The number of H-pyrrole nitrogens is 3. The van der Waals surface area contributed by atoms with Crippen molar-refractivity contribution < 1.29 is 19.5 Å². The van der Waals surface area contributed by atoms with Crippen LogP contribution in [0.4, 0.5) is 57.0 Å². The Bertz CT molecular complexity index is 7260. The van der Waals surface area contributed by atoms with Gasteiger partial charge in [-0.05, 0) is 246 Å². The van der Waals surface area contributed by atoms with Crippen LogP contribution in [-0.2, 0) is 0 Å². The lowest BCUT2D eigenvalue weighted by molar-refractivity contribution is 0.0641. The maximum atomic E-state index is 13.1. The maximum absolute atomic E-state index is 13.1. The summed E-state index contributed by atoms with van der Waals surface area (Å²) in [7, 11) is 2.07. The van der Waals surface area contributed by atoms with Crippen molar-refractivity contribution in [3.05, 3.63) is 346 Å². The fourth-order valence-electron chi connectivity index (χ4n) is 17.8. The monoisotopic (exact) mass is 1820 g/mol.